The molecule has 2 heterocycles. The van der Waals surface area contributed by atoms with Crippen molar-refractivity contribution in [3.8, 4) is 0 Å². The van der Waals surface area contributed by atoms with E-state index in [0.29, 0.717) is 22.0 Å². The minimum Gasteiger partial charge on any atom is -0.504 e. The Bertz CT molecular complexity index is 1130. The third-order valence-corrected chi connectivity index (χ3v) is 5.73. The molecular weight excluding hydrogens is 429 g/mol. The van der Waals surface area contributed by atoms with Gasteiger partial charge in [-0.25, -0.2) is 9.37 Å². The van der Waals surface area contributed by atoms with Crippen LogP contribution in [0, 0.1) is 5.82 Å². The van der Waals surface area contributed by atoms with Gasteiger partial charge in [-0.1, -0.05) is 23.7 Å². The van der Waals surface area contributed by atoms with Gasteiger partial charge >= 0.3 is 0 Å². The minimum absolute atomic E-state index is 0.127. The fourth-order valence-corrected chi connectivity index (χ4v) is 4.05. The molecule has 164 valence electrons. The van der Waals surface area contributed by atoms with Crippen molar-refractivity contribution in [2.45, 2.75) is 12.5 Å². The molecule has 1 aromatic heterocycles. The molecule has 0 radical (unpaired) electrons. The predicted octanol–water partition coefficient (Wildman–Crippen LogP) is 5.41. The fraction of sp³-hybridized carbons (Fsp3) is 0.200. The lowest BCUT2D eigenvalue weighted by atomic mass is 9.99. The third-order valence-electron chi connectivity index (χ3n) is 5.40. The van der Waals surface area contributed by atoms with Crippen LogP contribution in [0.2, 0.25) is 5.02 Å². The van der Waals surface area contributed by atoms with Gasteiger partial charge in [0.1, 0.15) is 11.6 Å². The number of methoxy groups -OCH3 is 1. The van der Waals surface area contributed by atoms with E-state index in [-0.39, 0.29) is 17.6 Å². The summed E-state index contributed by atoms with van der Waals surface area (Å²) < 4.78 is 18.2. The van der Waals surface area contributed by atoms with Crippen LogP contribution < -0.4 is 10.2 Å². The summed E-state index contributed by atoms with van der Waals surface area (Å²) in [5.41, 5.74) is 2.92. The van der Waals surface area contributed by atoms with E-state index in [1.165, 1.54) is 12.3 Å². The molecule has 0 amide bonds. The minimum atomic E-state index is -0.357. The standard InChI is InChI=1S/C25H23ClFN3O2/c1-32-13-11-17-14-18(25(31)21-4-2-3-5-22(21)26)6-8-23(17)30-12-10-20(16-30)29-24-9-7-19(27)15-28-24/h2-9,11,13-15,20H,10,12,16H2,1H3,(H,28,29)/b13-11-/t20-/m0/s1. The van der Waals surface area contributed by atoms with Crippen LogP contribution >= 0.6 is 11.6 Å². The lowest BCUT2D eigenvalue weighted by Crippen LogP contribution is -2.26. The van der Waals surface area contributed by atoms with E-state index < -0.39 is 0 Å². The topological polar surface area (TPSA) is 54.5 Å². The highest BCUT2D eigenvalue weighted by Crippen LogP contribution is 2.29. The van der Waals surface area contributed by atoms with Gasteiger partial charge < -0.3 is 15.0 Å². The number of hydrogen-bond donors (Lipinski definition) is 1. The second-order valence-corrected chi connectivity index (χ2v) is 7.97. The van der Waals surface area contributed by atoms with Crippen LogP contribution in [0.4, 0.5) is 15.9 Å². The first-order valence-corrected chi connectivity index (χ1v) is 10.7. The van der Waals surface area contributed by atoms with Crippen molar-refractivity contribution in [2.24, 2.45) is 0 Å². The van der Waals surface area contributed by atoms with Crippen molar-refractivity contribution >= 4 is 35.0 Å². The Hall–Kier alpha value is -3.38. The molecule has 0 unspecified atom stereocenters. The molecular formula is C25H23ClFN3O2. The second kappa shape index (κ2) is 9.83. The summed E-state index contributed by atoms with van der Waals surface area (Å²) in [5.74, 6) is 0.167. The van der Waals surface area contributed by atoms with E-state index >= 15 is 0 Å². The van der Waals surface area contributed by atoms with Crippen molar-refractivity contribution in [1.29, 1.82) is 0 Å². The first kappa shape index (κ1) is 21.8. The first-order chi connectivity index (χ1) is 15.5. The van der Waals surface area contributed by atoms with Gasteiger partial charge in [-0.15, -0.1) is 0 Å². The maximum atomic E-state index is 13.1. The third kappa shape index (κ3) is 4.92. The molecule has 0 bridgehead atoms. The van der Waals surface area contributed by atoms with Crippen LogP contribution in [0.5, 0.6) is 0 Å². The molecule has 1 aliphatic rings. The van der Waals surface area contributed by atoms with Gasteiger partial charge in [0.05, 0.1) is 24.6 Å². The van der Waals surface area contributed by atoms with Gasteiger partial charge in [-0.3, -0.25) is 4.79 Å². The maximum Gasteiger partial charge on any atom is 0.194 e. The molecule has 1 atom stereocenters. The largest absolute Gasteiger partial charge is 0.504 e. The molecule has 5 nitrogen and oxygen atoms in total. The fourth-order valence-electron chi connectivity index (χ4n) is 3.83. The van der Waals surface area contributed by atoms with Crippen LogP contribution in [0.25, 0.3) is 6.08 Å². The number of pyridine rings is 1. The highest BCUT2D eigenvalue weighted by Gasteiger charge is 2.25. The summed E-state index contributed by atoms with van der Waals surface area (Å²) >= 11 is 6.22. The lowest BCUT2D eigenvalue weighted by molar-refractivity contribution is 0.103. The van der Waals surface area contributed by atoms with E-state index in [1.807, 2.05) is 24.3 Å². The SMILES string of the molecule is CO/C=C\c1cc(C(=O)c2ccccc2Cl)ccc1N1CC[C@H](Nc2ccc(F)cn2)C1. The molecule has 0 aliphatic carbocycles. The Balaban J connectivity index is 1.55. The average molecular weight is 452 g/mol. The van der Waals surface area contributed by atoms with E-state index in [2.05, 4.69) is 15.2 Å². The molecule has 0 spiro atoms. The summed E-state index contributed by atoms with van der Waals surface area (Å²) in [6, 6.07) is 15.9. The van der Waals surface area contributed by atoms with Gasteiger partial charge in [0.15, 0.2) is 5.78 Å². The van der Waals surface area contributed by atoms with Crippen LogP contribution in [0.15, 0.2) is 67.1 Å². The van der Waals surface area contributed by atoms with E-state index in [9.17, 15) is 9.18 Å². The molecule has 0 saturated carbocycles. The van der Waals surface area contributed by atoms with E-state index in [0.717, 1.165) is 30.8 Å². The number of nitrogens with one attached hydrogen (secondary N) is 1. The van der Waals surface area contributed by atoms with Crippen LogP contribution in [-0.4, -0.2) is 37.0 Å². The average Bonchev–Trinajstić information content (AvgIpc) is 3.27. The Labute approximate surface area is 191 Å². The predicted molar refractivity (Wildman–Crippen MR) is 126 cm³/mol. The van der Waals surface area contributed by atoms with E-state index in [4.69, 9.17) is 16.3 Å². The number of carbonyl (C=O) groups excluding carboxylic acids is 1. The normalized spacial score (nSPS) is 15.8. The first-order valence-electron chi connectivity index (χ1n) is 10.3. The highest BCUT2D eigenvalue weighted by atomic mass is 35.5. The van der Waals surface area contributed by atoms with Crippen LogP contribution in [-0.2, 0) is 4.74 Å². The maximum absolute atomic E-state index is 13.1. The van der Waals surface area contributed by atoms with E-state index in [1.54, 1.807) is 43.7 Å². The van der Waals surface area contributed by atoms with Gasteiger partial charge in [-0.2, -0.15) is 0 Å². The van der Waals surface area contributed by atoms with Gasteiger partial charge in [0, 0.05) is 41.5 Å². The smallest absolute Gasteiger partial charge is 0.194 e. The Morgan fingerprint density at radius 3 is 2.84 bits per heavy atom. The van der Waals surface area contributed by atoms with Gasteiger partial charge in [-0.05, 0) is 55.0 Å². The summed E-state index contributed by atoms with van der Waals surface area (Å²) in [4.78, 5) is 19.3. The van der Waals surface area contributed by atoms with Crippen LogP contribution in [0.3, 0.4) is 0 Å². The number of aromatic nitrogens is 1. The number of ether oxygens (including phenoxy) is 1. The summed E-state index contributed by atoms with van der Waals surface area (Å²) in [7, 11) is 1.58. The number of carbonyl (C=O) groups is 1. The quantitative estimate of drug-likeness (QED) is 0.384. The number of hydrogen-bond acceptors (Lipinski definition) is 5. The van der Waals surface area contributed by atoms with Crippen molar-refractivity contribution in [3.05, 3.63) is 94.6 Å². The zero-order chi connectivity index (χ0) is 22.5. The number of benzene rings is 2. The van der Waals surface area contributed by atoms with Crippen molar-refractivity contribution in [3.63, 3.8) is 0 Å². The number of rotatable bonds is 7. The summed E-state index contributed by atoms with van der Waals surface area (Å²) in [6.07, 6.45) is 5.56. The molecule has 7 heteroatoms. The highest BCUT2D eigenvalue weighted by molar-refractivity contribution is 6.35. The number of anilines is 2. The number of halogens is 2. The molecule has 1 aliphatic heterocycles. The molecule has 4 rings (SSSR count). The molecule has 2 aromatic carbocycles. The second-order valence-electron chi connectivity index (χ2n) is 7.56. The molecule has 1 N–H and O–H groups in total. The Kier molecular flexibility index (Phi) is 6.71. The van der Waals surface area contributed by atoms with Crippen LogP contribution in [0.1, 0.15) is 27.9 Å². The molecule has 1 fully saturated rings. The molecule has 32 heavy (non-hydrogen) atoms. The number of nitrogens with zero attached hydrogens (tertiary/aromatic N) is 2. The van der Waals surface area contributed by atoms with Crippen molar-refractivity contribution < 1.29 is 13.9 Å². The summed E-state index contributed by atoms with van der Waals surface area (Å²) in [5, 5.41) is 3.79. The molecule has 1 saturated heterocycles. The summed E-state index contributed by atoms with van der Waals surface area (Å²) in [6.45, 7) is 1.59. The van der Waals surface area contributed by atoms with Crippen molar-refractivity contribution in [1.82, 2.24) is 4.98 Å². The van der Waals surface area contributed by atoms with Crippen molar-refractivity contribution in [2.75, 3.05) is 30.4 Å². The Morgan fingerprint density at radius 1 is 1.25 bits per heavy atom. The monoisotopic (exact) mass is 451 g/mol. The Morgan fingerprint density at radius 2 is 2.09 bits per heavy atom. The zero-order valence-corrected chi connectivity index (χ0v) is 18.3. The lowest BCUT2D eigenvalue weighted by Gasteiger charge is -2.22. The number of ketones is 1. The molecule has 3 aromatic rings. The van der Waals surface area contributed by atoms with Gasteiger partial charge in [0.25, 0.3) is 0 Å². The zero-order valence-electron chi connectivity index (χ0n) is 17.6. The van der Waals surface area contributed by atoms with Gasteiger partial charge in [0.2, 0.25) is 0 Å².